The van der Waals surface area contributed by atoms with E-state index < -0.39 is 0 Å². The quantitative estimate of drug-likeness (QED) is 0.554. The summed E-state index contributed by atoms with van der Waals surface area (Å²) in [5, 5.41) is 6.75. The Kier molecular flexibility index (Phi) is 3.76. The highest BCUT2D eigenvalue weighted by atomic mass is 16.2. The molecule has 0 atom stereocenters. The van der Waals surface area contributed by atoms with Crippen LogP contribution in [0.5, 0.6) is 0 Å². The van der Waals surface area contributed by atoms with Gasteiger partial charge in [0.1, 0.15) is 5.82 Å². The van der Waals surface area contributed by atoms with Crippen LogP contribution in [0.15, 0.2) is 24.3 Å². The second-order valence-electron chi connectivity index (χ2n) is 4.22. The summed E-state index contributed by atoms with van der Waals surface area (Å²) in [6, 6.07) is 6.94. The molecule has 1 aromatic carbocycles. The summed E-state index contributed by atoms with van der Waals surface area (Å²) in [7, 11) is 1.71. The number of amides is 1. The number of aromatic amines is 1. The summed E-state index contributed by atoms with van der Waals surface area (Å²) in [5.41, 5.74) is 3.86. The van der Waals surface area contributed by atoms with Gasteiger partial charge in [-0.15, -0.1) is 0 Å². The normalized spacial score (nSPS) is 10.3. The second-order valence-corrected chi connectivity index (χ2v) is 4.22. The number of nitrogen functional groups attached to an aromatic ring is 1. The third kappa shape index (κ3) is 3.08. The molecule has 0 radical (unpaired) electrons. The van der Waals surface area contributed by atoms with Gasteiger partial charge in [0.15, 0.2) is 5.82 Å². The number of benzene rings is 1. The van der Waals surface area contributed by atoms with Gasteiger partial charge in [-0.1, -0.05) is 0 Å². The van der Waals surface area contributed by atoms with Crippen LogP contribution in [-0.4, -0.2) is 33.0 Å². The Morgan fingerprint density at radius 3 is 2.63 bits per heavy atom. The lowest BCUT2D eigenvalue weighted by atomic mass is 10.2. The van der Waals surface area contributed by atoms with Crippen molar-refractivity contribution in [3.05, 3.63) is 41.5 Å². The number of nitrogens with one attached hydrogen (secondary N) is 2. The van der Waals surface area contributed by atoms with Crippen molar-refractivity contribution in [2.24, 2.45) is 5.84 Å². The van der Waals surface area contributed by atoms with E-state index in [1.165, 1.54) is 0 Å². The van der Waals surface area contributed by atoms with Gasteiger partial charge in [0.05, 0.1) is 6.54 Å². The molecule has 1 amide bonds. The fraction of sp³-hybridized carbons (Fsp3) is 0.250. The number of anilines is 1. The molecule has 0 spiro atoms. The highest BCUT2D eigenvalue weighted by Crippen LogP contribution is 2.10. The predicted molar refractivity (Wildman–Crippen MR) is 71.2 cm³/mol. The number of nitrogens with two attached hydrogens (primary N) is 1. The Balaban J connectivity index is 2.05. The minimum atomic E-state index is -0.0916. The SMILES string of the molecule is Cc1nc(CN(C)C(=O)c2ccc(NN)cc2)n[nH]1. The number of nitrogens with zero attached hydrogens (tertiary/aromatic N) is 3. The standard InChI is InChI=1S/C12H16N6O/c1-8-14-11(17-16-8)7-18(2)12(19)9-3-5-10(15-13)6-4-9/h3-6,15H,7,13H2,1-2H3,(H,14,16,17). The van der Waals surface area contributed by atoms with Crippen LogP contribution in [0.1, 0.15) is 22.0 Å². The number of aryl methyl sites for hydroxylation is 1. The first-order valence-corrected chi connectivity index (χ1v) is 5.80. The Morgan fingerprint density at radius 2 is 2.11 bits per heavy atom. The van der Waals surface area contributed by atoms with E-state index in [2.05, 4.69) is 20.6 Å². The smallest absolute Gasteiger partial charge is 0.254 e. The minimum absolute atomic E-state index is 0.0916. The first kappa shape index (κ1) is 13.0. The number of hydrazine groups is 1. The molecule has 1 aromatic heterocycles. The molecule has 0 unspecified atom stereocenters. The number of aromatic nitrogens is 3. The van der Waals surface area contributed by atoms with Crippen LogP contribution in [0.2, 0.25) is 0 Å². The zero-order valence-corrected chi connectivity index (χ0v) is 10.8. The molecule has 0 bridgehead atoms. The molecule has 2 rings (SSSR count). The average Bonchev–Trinajstić information content (AvgIpc) is 2.83. The van der Waals surface area contributed by atoms with E-state index in [4.69, 9.17) is 5.84 Å². The van der Waals surface area contributed by atoms with Crippen LogP contribution in [0.3, 0.4) is 0 Å². The summed E-state index contributed by atoms with van der Waals surface area (Å²) < 4.78 is 0. The summed E-state index contributed by atoms with van der Waals surface area (Å²) in [5.74, 6) is 6.51. The summed E-state index contributed by atoms with van der Waals surface area (Å²) >= 11 is 0. The summed E-state index contributed by atoms with van der Waals surface area (Å²) in [6.45, 7) is 2.18. The van der Waals surface area contributed by atoms with Gasteiger partial charge in [0, 0.05) is 18.3 Å². The van der Waals surface area contributed by atoms with Gasteiger partial charge < -0.3 is 10.3 Å². The lowest BCUT2D eigenvalue weighted by Crippen LogP contribution is -2.26. The van der Waals surface area contributed by atoms with Crippen molar-refractivity contribution < 1.29 is 4.79 Å². The van der Waals surface area contributed by atoms with Crippen molar-refractivity contribution in [1.29, 1.82) is 0 Å². The topological polar surface area (TPSA) is 99.9 Å². The molecule has 19 heavy (non-hydrogen) atoms. The highest BCUT2D eigenvalue weighted by Gasteiger charge is 2.13. The molecule has 7 nitrogen and oxygen atoms in total. The Hall–Kier alpha value is -2.41. The van der Waals surface area contributed by atoms with Gasteiger partial charge in [-0.05, 0) is 31.2 Å². The first-order valence-electron chi connectivity index (χ1n) is 5.80. The fourth-order valence-electron chi connectivity index (χ4n) is 1.67. The summed E-state index contributed by atoms with van der Waals surface area (Å²) in [4.78, 5) is 17.9. The number of hydrogen-bond acceptors (Lipinski definition) is 5. The number of carbonyl (C=O) groups is 1. The Bertz CT molecular complexity index is 562. The maximum atomic E-state index is 12.2. The molecular weight excluding hydrogens is 244 g/mol. The van der Waals surface area contributed by atoms with E-state index in [-0.39, 0.29) is 5.91 Å². The lowest BCUT2D eigenvalue weighted by Gasteiger charge is -2.15. The van der Waals surface area contributed by atoms with Crippen molar-refractivity contribution in [2.75, 3.05) is 12.5 Å². The molecule has 0 aliphatic carbocycles. The van der Waals surface area contributed by atoms with Gasteiger partial charge in [0.25, 0.3) is 5.91 Å². The molecular formula is C12H16N6O. The van der Waals surface area contributed by atoms with E-state index >= 15 is 0 Å². The molecule has 4 N–H and O–H groups in total. The van der Waals surface area contributed by atoms with Crippen LogP contribution in [0.25, 0.3) is 0 Å². The van der Waals surface area contributed by atoms with Crippen LogP contribution >= 0.6 is 0 Å². The molecule has 0 fully saturated rings. The van der Waals surface area contributed by atoms with E-state index in [1.807, 2.05) is 6.92 Å². The maximum Gasteiger partial charge on any atom is 0.254 e. The minimum Gasteiger partial charge on any atom is -0.334 e. The molecule has 100 valence electrons. The summed E-state index contributed by atoms with van der Waals surface area (Å²) in [6.07, 6.45) is 0. The maximum absolute atomic E-state index is 12.2. The molecule has 2 aromatic rings. The molecule has 1 heterocycles. The van der Waals surface area contributed by atoms with Gasteiger partial charge in [-0.2, -0.15) is 5.10 Å². The van der Waals surface area contributed by atoms with Crippen molar-refractivity contribution in [1.82, 2.24) is 20.1 Å². The van der Waals surface area contributed by atoms with Gasteiger partial charge in [-0.3, -0.25) is 15.7 Å². The largest absolute Gasteiger partial charge is 0.334 e. The van der Waals surface area contributed by atoms with Crippen molar-refractivity contribution >= 4 is 11.6 Å². The molecule has 0 aliphatic heterocycles. The zero-order valence-electron chi connectivity index (χ0n) is 10.8. The third-order valence-electron chi connectivity index (χ3n) is 2.67. The molecule has 0 aliphatic rings. The van der Waals surface area contributed by atoms with E-state index in [1.54, 1.807) is 36.2 Å². The third-order valence-corrected chi connectivity index (χ3v) is 2.67. The average molecular weight is 260 g/mol. The number of carbonyl (C=O) groups excluding carboxylic acids is 1. The molecule has 7 heteroatoms. The monoisotopic (exact) mass is 260 g/mol. The van der Waals surface area contributed by atoms with Crippen LogP contribution in [-0.2, 0) is 6.54 Å². The lowest BCUT2D eigenvalue weighted by molar-refractivity contribution is 0.0781. The van der Waals surface area contributed by atoms with Crippen molar-refractivity contribution in [3.8, 4) is 0 Å². The van der Waals surface area contributed by atoms with Gasteiger partial charge >= 0.3 is 0 Å². The van der Waals surface area contributed by atoms with Crippen LogP contribution in [0.4, 0.5) is 5.69 Å². The van der Waals surface area contributed by atoms with Gasteiger partial charge in [0.2, 0.25) is 0 Å². The molecule has 0 saturated carbocycles. The van der Waals surface area contributed by atoms with Crippen LogP contribution < -0.4 is 11.3 Å². The second kappa shape index (κ2) is 5.49. The zero-order chi connectivity index (χ0) is 13.8. The number of H-pyrrole nitrogens is 1. The van der Waals surface area contributed by atoms with Crippen LogP contribution in [0, 0.1) is 6.92 Å². The van der Waals surface area contributed by atoms with E-state index in [9.17, 15) is 4.79 Å². The predicted octanol–water partition coefficient (Wildman–Crippen LogP) is 0.671. The number of rotatable bonds is 4. The molecule has 0 saturated heterocycles. The Morgan fingerprint density at radius 1 is 1.42 bits per heavy atom. The van der Waals surface area contributed by atoms with E-state index in [0.29, 0.717) is 17.9 Å². The van der Waals surface area contributed by atoms with Gasteiger partial charge in [-0.25, -0.2) is 4.98 Å². The highest BCUT2D eigenvalue weighted by molar-refractivity contribution is 5.94. The van der Waals surface area contributed by atoms with E-state index in [0.717, 1.165) is 11.5 Å². The van der Waals surface area contributed by atoms with Crippen molar-refractivity contribution in [2.45, 2.75) is 13.5 Å². The Labute approximate surface area is 110 Å². The fourth-order valence-corrected chi connectivity index (χ4v) is 1.67. The van der Waals surface area contributed by atoms with Crippen molar-refractivity contribution in [3.63, 3.8) is 0 Å². The first-order chi connectivity index (χ1) is 9.10. The number of hydrogen-bond donors (Lipinski definition) is 3.